The molecule has 10 heteroatoms. The number of carbonyl (C=O) groups is 2. The van der Waals surface area contributed by atoms with Crippen molar-refractivity contribution < 1.29 is 18.0 Å². The maximum absolute atomic E-state index is 14.1. The SMILES string of the molecule is CC[C@@H](C)NC(=O)[C@H](CC)N(Cc1ccccc1Cl)C(=O)CN(c1ccc(C)cc1)S(=O)(=O)c1ccc(SC)cc1. The van der Waals surface area contributed by atoms with Crippen LogP contribution in [0.5, 0.6) is 0 Å². The first-order chi connectivity index (χ1) is 19.5. The van der Waals surface area contributed by atoms with Crippen LogP contribution in [0, 0.1) is 6.92 Å². The second kappa shape index (κ2) is 14.8. The molecule has 220 valence electrons. The molecule has 0 aliphatic carbocycles. The van der Waals surface area contributed by atoms with Crippen molar-refractivity contribution in [3.05, 3.63) is 88.9 Å². The Labute approximate surface area is 253 Å². The van der Waals surface area contributed by atoms with Gasteiger partial charge in [0.15, 0.2) is 0 Å². The van der Waals surface area contributed by atoms with Crippen LogP contribution in [0.2, 0.25) is 5.02 Å². The largest absolute Gasteiger partial charge is 0.352 e. The van der Waals surface area contributed by atoms with Crippen molar-refractivity contribution in [2.75, 3.05) is 17.1 Å². The van der Waals surface area contributed by atoms with Crippen LogP contribution in [0.4, 0.5) is 5.69 Å². The summed E-state index contributed by atoms with van der Waals surface area (Å²) in [6.45, 7) is 7.16. The van der Waals surface area contributed by atoms with Gasteiger partial charge in [0.2, 0.25) is 11.8 Å². The van der Waals surface area contributed by atoms with Crippen LogP contribution in [0.25, 0.3) is 0 Å². The number of hydrogen-bond donors (Lipinski definition) is 1. The highest BCUT2D eigenvalue weighted by molar-refractivity contribution is 7.98. The van der Waals surface area contributed by atoms with Crippen LogP contribution < -0.4 is 9.62 Å². The number of carbonyl (C=O) groups excluding carboxylic acids is 2. The summed E-state index contributed by atoms with van der Waals surface area (Å²) in [4.78, 5) is 29.9. The maximum atomic E-state index is 14.1. The summed E-state index contributed by atoms with van der Waals surface area (Å²) in [6.07, 6.45) is 2.98. The lowest BCUT2D eigenvalue weighted by atomic mass is 10.1. The average molecular weight is 616 g/mol. The molecule has 0 heterocycles. The van der Waals surface area contributed by atoms with Crippen molar-refractivity contribution in [2.24, 2.45) is 0 Å². The van der Waals surface area contributed by atoms with Crippen LogP contribution in [-0.4, -0.2) is 50.0 Å². The fourth-order valence-electron chi connectivity index (χ4n) is 4.29. The van der Waals surface area contributed by atoms with E-state index in [-0.39, 0.29) is 23.4 Å². The first-order valence-corrected chi connectivity index (χ1v) is 16.6. The number of amides is 2. The zero-order valence-corrected chi connectivity index (χ0v) is 26.5. The van der Waals surface area contributed by atoms with E-state index in [0.717, 1.165) is 21.2 Å². The zero-order chi connectivity index (χ0) is 30.2. The van der Waals surface area contributed by atoms with Crippen molar-refractivity contribution in [3.63, 3.8) is 0 Å². The van der Waals surface area contributed by atoms with Crippen molar-refractivity contribution >= 4 is 50.9 Å². The van der Waals surface area contributed by atoms with Gasteiger partial charge in [-0.25, -0.2) is 8.42 Å². The third-order valence-electron chi connectivity index (χ3n) is 6.93. The Hall–Kier alpha value is -3.01. The monoisotopic (exact) mass is 615 g/mol. The van der Waals surface area contributed by atoms with Crippen LogP contribution in [-0.2, 0) is 26.2 Å². The van der Waals surface area contributed by atoms with Gasteiger partial charge in [0.25, 0.3) is 10.0 Å². The minimum absolute atomic E-state index is 0.0507. The molecule has 3 aromatic carbocycles. The third-order valence-corrected chi connectivity index (χ3v) is 9.83. The van der Waals surface area contributed by atoms with Gasteiger partial charge in [-0.1, -0.05) is 61.3 Å². The number of thioether (sulfide) groups is 1. The lowest BCUT2D eigenvalue weighted by Crippen LogP contribution is -2.53. The topological polar surface area (TPSA) is 86.8 Å². The molecule has 2 amide bonds. The Balaban J connectivity index is 2.06. The van der Waals surface area contributed by atoms with Gasteiger partial charge >= 0.3 is 0 Å². The minimum atomic E-state index is -4.13. The van der Waals surface area contributed by atoms with E-state index in [1.807, 2.05) is 40.0 Å². The van der Waals surface area contributed by atoms with Crippen molar-refractivity contribution in [1.29, 1.82) is 0 Å². The van der Waals surface area contributed by atoms with E-state index in [9.17, 15) is 18.0 Å². The first kappa shape index (κ1) is 32.5. The molecule has 0 aromatic heterocycles. The molecule has 0 fully saturated rings. The molecule has 41 heavy (non-hydrogen) atoms. The molecular weight excluding hydrogens is 578 g/mol. The van der Waals surface area contributed by atoms with Gasteiger partial charge in [0.1, 0.15) is 12.6 Å². The van der Waals surface area contributed by atoms with Crippen molar-refractivity contribution in [1.82, 2.24) is 10.2 Å². The van der Waals surface area contributed by atoms with Crippen molar-refractivity contribution in [3.8, 4) is 0 Å². The molecule has 0 saturated heterocycles. The third kappa shape index (κ3) is 8.27. The van der Waals surface area contributed by atoms with Gasteiger partial charge in [0.05, 0.1) is 10.6 Å². The van der Waals surface area contributed by atoms with E-state index in [1.165, 1.54) is 16.7 Å². The van der Waals surface area contributed by atoms with E-state index in [0.29, 0.717) is 22.7 Å². The molecule has 3 aromatic rings. The number of halogens is 1. The number of anilines is 1. The number of aryl methyl sites for hydroxylation is 1. The highest BCUT2D eigenvalue weighted by Gasteiger charge is 2.34. The quantitative estimate of drug-likeness (QED) is 0.229. The average Bonchev–Trinajstić information content (AvgIpc) is 2.97. The summed E-state index contributed by atoms with van der Waals surface area (Å²) in [5.74, 6) is -0.805. The van der Waals surface area contributed by atoms with E-state index in [4.69, 9.17) is 11.6 Å². The molecule has 2 atom stereocenters. The summed E-state index contributed by atoms with van der Waals surface area (Å²) >= 11 is 7.96. The van der Waals surface area contributed by atoms with Crippen LogP contribution in [0.1, 0.15) is 44.7 Å². The molecule has 7 nitrogen and oxygen atoms in total. The maximum Gasteiger partial charge on any atom is 0.264 e. The summed E-state index contributed by atoms with van der Waals surface area (Å²) in [7, 11) is -4.13. The fourth-order valence-corrected chi connectivity index (χ4v) is 6.30. The molecule has 0 aliphatic heterocycles. The minimum Gasteiger partial charge on any atom is -0.352 e. The van der Waals surface area contributed by atoms with Crippen LogP contribution in [0.3, 0.4) is 0 Å². The number of benzene rings is 3. The zero-order valence-electron chi connectivity index (χ0n) is 24.1. The van der Waals surface area contributed by atoms with E-state index in [1.54, 1.807) is 66.7 Å². The normalized spacial score (nSPS) is 12.8. The van der Waals surface area contributed by atoms with Gasteiger partial charge in [-0.15, -0.1) is 11.8 Å². The summed E-state index contributed by atoms with van der Waals surface area (Å²) in [5, 5.41) is 3.43. The smallest absolute Gasteiger partial charge is 0.264 e. The molecule has 0 bridgehead atoms. The van der Waals surface area contributed by atoms with Crippen molar-refractivity contribution in [2.45, 2.75) is 69.0 Å². The molecular formula is C31H38ClN3O4S2. The van der Waals surface area contributed by atoms with Gasteiger partial charge in [-0.2, -0.15) is 0 Å². The fraction of sp³-hybridized carbons (Fsp3) is 0.355. The van der Waals surface area contributed by atoms with E-state index >= 15 is 0 Å². The van der Waals surface area contributed by atoms with Crippen LogP contribution >= 0.6 is 23.4 Å². The van der Waals surface area contributed by atoms with E-state index < -0.39 is 28.5 Å². The number of sulfonamides is 1. The molecule has 3 rings (SSSR count). The molecule has 0 saturated carbocycles. The molecule has 0 unspecified atom stereocenters. The number of rotatable bonds is 13. The standard InChI is InChI=1S/C31H38ClN3O4S2/c1-6-23(4)33-31(37)29(7-2)34(20-24-10-8-9-11-28(24)32)30(36)21-35(25-14-12-22(3)13-15-25)41(38,39)27-18-16-26(40-5)17-19-27/h8-19,23,29H,6-7,20-21H2,1-5H3,(H,33,37)/t23-,29+/m1/s1. The molecule has 1 N–H and O–H groups in total. The lowest BCUT2D eigenvalue weighted by Gasteiger charge is -2.34. The second-order valence-electron chi connectivity index (χ2n) is 9.88. The Morgan fingerprint density at radius 3 is 2.15 bits per heavy atom. The molecule has 0 spiro atoms. The van der Waals surface area contributed by atoms with Gasteiger partial charge in [-0.05, 0) is 81.0 Å². The lowest BCUT2D eigenvalue weighted by molar-refractivity contribution is -0.140. The van der Waals surface area contributed by atoms with E-state index in [2.05, 4.69) is 5.32 Å². The first-order valence-electron chi connectivity index (χ1n) is 13.6. The Morgan fingerprint density at radius 1 is 0.951 bits per heavy atom. The van der Waals surface area contributed by atoms with Gasteiger partial charge in [-0.3, -0.25) is 13.9 Å². The Bertz CT molecular complexity index is 1430. The Kier molecular flexibility index (Phi) is 11.7. The molecule has 0 radical (unpaired) electrons. The summed E-state index contributed by atoms with van der Waals surface area (Å²) < 4.78 is 29.1. The summed E-state index contributed by atoms with van der Waals surface area (Å²) in [5.41, 5.74) is 1.97. The number of hydrogen-bond acceptors (Lipinski definition) is 5. The Morgan fingerprint density at radius 2 is 1.59 bits per heavy atom. The highest BCUT2D eigenvalue weighted by Crippen LogP contribution is 2.27. The number of nitrogens with zero attached hydrogens (tertiary/aromatic N) is 2. The van der Waals surface area contributed by atoms with Crippen LogP contribution in [0.15, 0.2) is 82.6 Å². The molecule has 0 aliphatic rings. The predicted octanol–water partition coefficient (Wildman–Crippen LogP) is 6.29. The highest BCUT2D eigenvalue weighted by atomic mass is 35.5. The van der Waals surface area contributed by atoms with Gasteiger partial charge in [0, 0.05) is 22.5 Å². The van der Waals surface area contributed by atoms with Gasteiger partial charge < -0.3 is 10.2 Å². The second-order valence-corrected chi connectivity index (χ2v) is 13.0. The summed E-state index contributed by atoms with van der Waals surface area (Å²) in [6, 6.07) is 19.7. The number of nitrogens with one attached hydrogen (secondary N) is 1. The predicted molar refractivity (Wildman–Crippen MR) is 168 cm³/mol.